The van der Waals surface area contributed by atoms with Crippen molar-refractivity contribution in [1.29, 1.82) is 0 Å². The second-order valence-electron chi connectivity index (χ2n) is 5.55. The molecule has 0 saturated carbocycles. The minimum Gasteiger partial charge on any atom is -0.392 e. The lowest BCUT2D eigenvalue weighted by molar-refractivity contribution is -0.137. The van der Waals surface area contributed by atoms with E-state index >= 15 is 0 Å². The summed E-state index contributed by atoms with van der Waals surface area (Å²) in [5.74, 6) is 0.649. The van der Waals surface area contributed by atoms with Crippen molar-refractivity contribution in [2.75, 3.05) is 10.5 Å². The lowest BCUT2D eigenvalue weighted by atomic mass is 10.2. The first kappa shape index (κ1) is 21.9. The van der Waals surface area contributed by atoms with Crippen LogP contribution in [0.15, 0.2) is 46.2 Å². The van der Waals surface area contributed by atoms with Gasteiger partial charge in [-0.3, -0.25) is 4.72 Å². The zero-order valence-corrected chi connectivity index (χ0v) is 16.6. The van der Waals surface area contributed by atoms with Crippen LogP contribution in [0, 0.1) is 0 Å². The van der Waals surface area contributed by atoms with Gasteiger partial charge < -0.3 is 5.11 Å². The molecule has 0 aliphatic rings. The van der Waals surface area contributed by atoms with Gasteiger partial charge in [0.15, 0.2) is 0 Å². The van der Waals surface area contributed by atoms with E-state index in [0.717, 1.165) is 18.6 Å². The van der Waals surface area contributed by atoms with Crippen molar-refractivity contribution >= 4 is 39.1 Å². The van der Waals surface area contributed by atoms with Crippen LogP contribution in [0.1, 0.15) is 24.5 Å². The van der Waals surface area contributed by atoms with Gasteiger partial charge in [-0.05, 0) is 42.0 Å². The molecule has 0 heterocycles. The predicted octanol–water partition coefficient (Wildman–Crippen LogP) is 5.15. The van der Waals surface area contributed by atoms with Gasteiger partial charge in [-0.15, -0.1) is 11.8 Å². The second-order valence-corrected chi connectivity index (χ2v) is 8.71. The normalized spacial score (nSPS) is 12.2. The molecule has 0 spiro atoms. The number of aliphatic hydroxyl groups excluding tert-OH is 1. The van der Waals surface area contributed by atoms with E-state index < -0.39 is 33.4 Å². The van der Waals surface area contributed by atoms with Crippen molar-refractivity contribution in [2.45, 2.75) is 35.9 Å². The standard InChI is InChI=1S/C17H17ClF3NO3S2/c1-2-8-26-15-5-3-4-11(10-23)16(15)27(24,25)22-12-6-7-14(18)13(9-12)17(19,20)21/h3-7,9,22-23H,2,8,10H2,1H3. The van der Waals surface area contributed by atoms with Gasteiger partial charge in [0.2, 0.25) is 0 Å². The van der Waals surface area contributed by atoms with E-state index in [1.54, 1.807) is 12.1 Å². The van der Waals surface area contributed by atoms with Crippen LogP contribution in [0.5, 0.6) is 0 Å². The van der Waals surface area contributed by atoms with E-state index in [0.29, 0.717) is 16.7 Å². The van der Waals surface area contributed by atoms with Gasteiger partial charge in [-0.1, -0.05) is 30.7 Å². The Morgan fingerprint density at radius 2 is 1.93 bits per heavy atom. The summed E-state index contributed by atoms with van der Waals surface area (Å²) in [6.45, 7) is 1.41. The summed E-state index contributed by atoms with van der Waals surface area (Å²) in [6, 6.07) is 7.43. The molecule has 2 N–H and O–H groups in total. The Labute approximate surface area is 164 Å². The zero-order valence-electron chi connectivity index (χ0n) is 14.2. The van der Waals surface area contributed by atoms with E-state index in [9.17, 15) is 26.7 Å². The predicted molar refractivity (Wildman–Crippen MR) is 101 cm³/mol. The van der Waals surface area contributed by atoms with E-state index in [1.807, 2.05) is 6.92 Å². The van der Waals surface area contributed by atoms with Gasteiger partial charge in [0.1, 0.15) is 4.90 Å². The van der Waals surface area contributed by atoms with Crippen LogP contribution in [-0.4, -0.2) is 19.3 Å². The quantitative estimate of drug-likeness (QED) is 0.585. The summed E-state index contributed by atoms with van der Waals surface area (Å²) in [6.07, 6.45) is -3.92. The van der Waals surface area contributed by atoms with Gasteiger partial charge in [0.05, 0.1) is 17.2 Å². The topological polar surface area (TPSA) is 66.4 Å². The summed E-state index contributed by atoms with van der Waals surface area (Å²) in [5, 5.41) is 8.99. The van der Waals surface area contributed by atoms with Gasteiger partial charge >= 0.3 is 6.18 Å². The van der Waals surface area contributed by atoms with Gasteiger partial charge in [0, 0.05) is 10.6 Å². The van der Waals surface area contributed by atoms with Crippen LogP contribution in [0.4, 0.5) is 18.9 Å². The average Bonchev–Trinajstić information content (AvgIpc) is 2.59. The van der Waals surface area contributed by atoms with Crippen LogP contribution in [0.2, 0.25) is 5.02 Å². The van der Waals surface area contributed by atoms with Crippen LogP contribution < -0.4 is 4.72 Å². The largest absolute Gasteiger partial charge is 0.417 e. The van der Waals surface area contributed by atoms with Crippen LogP contribution in [-0.2, 0) is 22.8 Å². The van der Waals surface area contributed by atoms with E-state index in [1.165, 1.54) is 17.8 Å². The van der Waals surface area contributed by atoms with Crippen molar-refractivity contribution in [1.82, 2.24) is 0 Å². The molecule has 0 aliphatic heterocycles. The lowest BCUT2D eigenvalue weighted by Gasteiger charge is -2.16. The fourth-order valence-corrected chi connectivity index (χ4v) is 5.27. The molecule has 0 radical (unpaired) electrons. The summed E-state index contributed by atoms with van der Waals surface area (Å²) < 4.78 is 66.9. The molecular formula is C17H17ClF3NO3S2. The van der Waals surface area contributed by atoms with E-state index in [-0.39, 0.29) is 16.1 Å². The van der Waals surface area contributed by atoms with Crippen molar-refractivity contribution in [3.8, 4) is 0 Å². The minimum absolute atomic E-state index is 0.144. The number of alkyl halides is 3. The molecule has 0 atom stereocenters. The smallest absolute Gasteiger partial charge is 0.392 e. The molecule has 0 amide bonds. The molecule has 27 heavy (non-hydrogen) atoms. The highest BCUT2D eigenvalue weighted by atomic mass is 35.5. The first-order valence-electron chi connectivity index (χ1n) is 7.85. The molecule has 10 heteroatoms. The molecule has 4 nitrogen and oxygen atoms in total. The molecule has 0 aromatic heterocycles. The third-order valence-electron chi connectivity index (χ3n) is 3.49. The Bertz CT molecular complexity index is 918. The highest BCUT2D eigenvalue weighted by molar-refractivity contribution is 8.00. The third-order valence-corrected chi connectivity index (χ3v) is 6.73. The second kappa shape index (κ2) is 8.72. The maximum Gasteiger partial charge on any atom is 0.417 e. The zero-order chi connectivity index (χ0) is 20.2. The minimum atomic E-state index is -4.72. The number of halogens is 4. The van der Waals surface area contributed by atoms with Crippen LogP contribution in [0.25, 0.3) is 0 Å². The first-order valence-corrected chi connectivity index (χ1v) is 10.7. The molecule has 2 aromatic rings. The van der Waals surface area contributed by atoms with Crippen LogP contribution >= 0.6 is 23.4 Å². The molecule has 0 saturated heterocycles. The summed E-state index contributed by atoms with van der Waals surface area (Å²) in [5.41, 5.74) is -1.25. The van der Waals surface area contributed by atoms with Gasteiger partial charge in [-0.2, -0.15) is 13.2 Å². The van der Waals surface area contributed by atoms with Crippen molar-refractivity contribution in [3.05, 3.63) is 52.5 Å². The molecule has 2 rings (SSSR count). The van der Waals surface area contributed by atoms with Crippen molar-refractivity contribution in [2.24, 2.45) is 0 Å². The molecule has 148 valence electrons. The molecule has 0 aliphatic carbocycles. The number of hydrogen-bond acceptors (Lipinski definition) is 4. The summed E-state index contributed by atoms with van der Waals surface area (Å²) >= 11 is 6.86. The van der Waals surface area contributed by atoms with Crippen molar-refractivity contribution < 1.29 is 26.7 Å². The van der Waals surface area contributed by atoms with Gasteiger partial charge in [-0.25, -0.2) is 8.42 Å². The molecular weight excluding hydrogens is 423 g/mol. The monoisotopic (exact) mass is 439 g/mol. The SMILES string of the molecule is CCCSc1cccc(CO)c1S(=O)(=O)Nc1ccc(Cl)c(C(F)(F)F)c1. The van der Waals surface area contributed by atoms with Crippen LogP contribution in [0.3, 0.4) is 0 Å². The molecule has 0 fully saturated rings. The van der Waals surface area contributed by atoms with Gasteiger partial charge in [0.25, 0.3) is 10.0 Å². The maximum absolute atomic E-state index is 13.0. The lowest BCUT2D eigenvalue weighted by Crippen LogP contribution is -2.17. The number of hydrogen-bond donors (Lipinski definition) is 2. The summed E-state index contributed by atoms with van der Waals surface area (Å²) in [7, 11) is -4.23. The van der Waals surface area contributed by atoms with Crippen molar-refractivity contribution in [3.63, 3.8) is 0 Å². The number of nitrogens with one attached hydrogen (secondary N) is 1. The Morgan fingerprint density at radius 1 is 1.22 bits per heavy atom. The Hall–Kier alpha value is -1.42. The maximum atomic E-state index is 13.0. The Kier molecular flexibility index (Phi) is 7.07. The number of thioether (sulfide) groups is 1. The van der Waals surface area contributed by atoms with E-state index in [2.05, 4.69) is 4.72 Å². The fraction of sp³-hybridized carbons (Fsp3) is 0.294. The summed E-state index contributed by atoms with van der Waals surface area (Å²) in [4.78, 5) is 0.273. The fourth-order valence-electron chi connectivity index (χ4n) is 2.33. The average molecular weight is 440 g/mol. The number of sulfonamides is 1. The van der Waals surface area contributed by atoms with E-state index in [4.69, 9.17) is 11.6 Å². The number of benzene rings is 2. The highest BCUT2D eigenvalue weighted by Gasteiger charge is 2.34. The molecule has 2 aromatic carbocycles. The molecule has 0 unspecified atom stereocenters. The molecule has 0 bridgehead atoms. The number of rotatable bonds is 7. The number of anilines is 1. The number of aliphatic hydroxyl groups is 1. The highest BCUT2D eigenvalue weighted by Crippen LogP contribution is 2.37. The Morgan fingerprint density at radius 3 is 2.52 bits per heavy atom. The first-order chi connectivity index (χ1) is 12.6. The third kappa shape index (κ3) is 5.31. The Balaban J connectivity index is 2.49.